The van der Waals surface area contributed by atoms with Crippen LogP contribution in [-0.2, 0) is 0 Å². The highest BCUT2D eigenvalue weighted by Crippen LogP contribution is 2.48. The molecule has 0 radical (unpaired) electrons. The van der Waals surface area contributed by atoms with Crippen LogP contribution in [0.4, 0.5) is 10.2 Å². The quantitative estimate of drug-likeness (QED) is 0.839. The van der Waals surface area contributed by atoms with Gasteiger partial charge in [-0.15, -0.1) is 0 Å². The summed E-state index contributed by atoms with van der Waals surface area (Å²) in [6, 6.07) is 1.51. The number of aromatic nitrogens is 2. The molecule has 1 saturated heterocycles. The molecule has 1 spiro atoms. The van der Waals surface area contributed by atoms with Crippen molar-refractivity contribution in [2.45, 2.75) is 50.6 Å². The van der Waals surface area contributed by atoms with Crippen LogP contribution >= 0.6 is 0 Å². The van der Waals surface area contributed by atoms with Crippen molar-refractivity contribution in [1.29, 1.82) is 0 Å². The maximum atomic E-state index is 14.9. The lowest BCUT2D eigenvalue weighted by molar-refractivity contribution is 0.0609. The molecule has 1 aliphatic heterocycles. The molecule has 0 aromatic carbocycles. The fourth-order valence-corrected chi connectivity index (χ4v) is 4.75. The monoisotopic (exact) mass is 386 g/mol. The number of nitrogens with zero attached hydrogens (tertiary/aromatic N) is 3. The van der Waals surface area contributed by atoms with Crippen molar-refractivity contribution in [3.63, 3.8) is 0 Å². The Labute approximate surface area is 161 Å². The van der Waals surface area contributed by atoms with Gasteiger partial charge in [0, 0.05) is 31.4 Å². The van der Waals surface area contributed by atoms with Crippen LogP contribution in [0.3, 0.4) is 0 Å². The highest BCUT2D eigenvalue weighted by atomic mass is 19.1. The van der Waals surface area contributed by atoms with Crippen LogP contribution < -0.4 is 16.1 Å². The first-order chi connectivity index (χ1) is 13.4. The Morgan fingerprint density at radius 2 is 1.96 bits per heavy atom. The van der Waals surface area contributed by atoms with E-state index in [1.165, 1.54) is 6.20 Å². The molecule has 0 bridgehead atoms. The van der Waals surface area contributed by atoms with Gasteiger partial charge in [-0.3, -0.25) is 4.79 Å². The standard InChI is InChI=1S/C20H23FN4O3/c21-14-9-12-16(26)13(19(27)28)10-25(11-1-2-11)17(12)23-18(14)24-7-5-20(6-8-24)4-3-15(20)22/h9-11,15H,1-8,22H2,(H,27,28). The largest absolute Gasteiger partial charge is 0.477 e. The van der Waals surface area contributed by atoms with E-state index in [0.717, 1.165) is 44.6 Å². The summed E-state index contributed by atoms with van der Waals surface area (Å²) < 4.78 is 16.6. The molecule has 148 valence electrons. The van der Waals surface area contributed by atoms with Gasteiger partial charge in [0.05, 0.1) is 5.39 Å². The van der Waals surface area contributed by atoms with Crippen molar-refractivity contribution in [2.75, 3.05) is 18.0 Å². The van der Waals surface area contributed by atoms with Gasteiger partial charge in [-0.25, -0.2) is 14.2 Å². The van der Waals surface area contributed by atoms with Crippen molar-refractivity contribution < 1.29 is 14.3 Å². The predicted octanol–water partition coefficient (Wildman–Crippen LogP) is 2.28. The van der Waals surface area contributed by atoms with Crippen LogP contribution in [-0.4, -0.2) is 39.8 Å². The number of hydrogen-bond donors (Lipinski definition) is 2. The second-order valence-electron chi connectivity index (χ2n) is 8.48. The third-order valence-corrected chi connectivity index (χ3v) is 6.91. The minimum Gasteiger partial charge on any atom is -0.477 e. The summed E-state index contributed by atoms with van der Waals surface area (Å²) in [5, 5.41) is 9.36. The highest BCUT2D eigenvalue weighted by Gasteiger charge is 2.46. The summed E-state index contributed by atoms with van der Waals surface area (Å²) in [7, 11) is 0. The molecule has 5 rings (SSSR count). The number of piperidine rings is 1. The predicted molar refractivity (Wildman–Crippen MR) is 102 cm³/mol. The molecule has 3 heterocycles. The molecule has 2 aliphatic carbocycles. The lowest BCUT2D eigenvalue weighted by Crippen LogP contribution is -2.56. The molecule has 3 fully saturated rings. The minimum atomic E-state index is -1.30. The van der Waals surface area contributed by atoms with Gasteiger partial charge in [-0.2, -0.15) is 0 Å². The van der Waals surface area contributed by atoms with E-state index in [2.05, 4.69) is 4.98 Å². The number of anilines is 1. The summed E-state index contributed by atoms with van der Waals surface area (Å²) in [6.07, 6.45) is 7.18. The van der Waals surface area contributed by atoms with Crippen LogP contribution in [0, 0.1) is 11.2 Å². The number of aromatic carboxylic acids is 1. The van der Waals surface area contributed by atoms with Crippen molar-refractivity contribution in [3.05, 3.63) is 33.9 Å². The molecule has 7 nitrogen and oxygen atoms in total. The fourth-order valence-electron chi connectivity index (χ4n) is 4.75. The van der Waals surface area contributed by atoms with E-state index in [-0.39, 0.29) is 34.3 Å². The van der Waals surface area contributed by atoms with Crippen LogP contribution in [0.25, 0.3) is 11.0 Å². The Hall–Kier alpha value is -2.48. The molecule has 3 N–H and O–H groups in total. The number of carboxylic acid groups (broad SMARTS) is 1. The van der Waals surface area contributed by atoms with E-state index in [1.54, 1.807) is 4.57 Å². The lowest BCUT2D eigenvalue weighted by atomic mass is 9.60. The van der Waals surface area contributed by atoms with Gasteiger partial charge in [0.1, 0.15) is 11.2 Å². The van der Waals surface area contributed by atoms with Crippen molar-refractivity contribution in [1.82, 2.24) is 9.55 Å². The van der Waals surface area contributed by atoms with Crippen molar-refractivity contribution in [2.24, 2.45) is 11.1 Å². The number of hydrogen-bond acceptors (Lipinski definition) is 5. The molecular weight excluding hydrogens is 363 g/mol. The zero-order valence-corrected chi connectivity index (χ0v) is 15.5. The van der Waals surface area contributed by atoms with Crippen LogP contribution in [0.1, 0.15) is 54.9 Å². The Balaban J connectivity index is 1.57. The lowest BCUT2D eigenvalue weighted by Gasteiger charge is -2.52. The molecule has 1 atom stereocenters. The number of carboxylic acids is 1. The van der Waals surface area contributed by atoms with Crippen molar-refractivity contribution >= 4 is 22.8 Å². The van der Waals surface area contributed by atoms with Crippen LogP contribution in [0.5, 0.6) is 0 Å². The number of nitrogens with two attached hydrogens (primary N) is 1. The number of fused-ring (bicyclic) bond motifs is 1. The van der Waals surface area contributed by atoms with E-state index in [1.807, 2.05) is 4.90 Å². The maximum absolute atomic E-state index is 14.9. The zero-order valence-electron chi connectivity index (χ0n) is 15.5. The number of pyridine rings is 2. The summed E-state index contributed by atoms with van der Waals surface area (Å²) >= 11 is 0. The van der Waals surface area contributed by atoms with E-state index < -0.39 is 17.2 Å². The second kappa shape index (κ2) is 6.01. The highest BCUT2D eigenvalue weighted by molar-refractivity contribution is 5.92. The van der Waals surface area contributed by atoms with Crippen molar-refractivity contribution in [3.8, 4) is 0 Å². The van der Waals surface area contributed by atoms with Gasteiger partial charge in [-0.1, -0.05) is 0 Å². The van der Waals surface area contributed by atoms with E-state index in [9.17, 15) is 19.1 Å². The van der Waals surface area contributed by atoms with Gasteiger partial charge in [0.25, 0.3) is 0 Å². The van der Waals surface area contributed by atoms with Crippen LogP contribution in [0.15, 0.2) is 17.1 Å². The summed E-state index contributed by atoms with van der Waals surface area (Å²) in [4.78, 5) is 30.4. The first-order valence-electron chi connectivity index (χ1n) is 9.89. The Morgan fingerprint density at radius 1 is 1.25 bits per heavy atom. The number of halogens is 1. The van der Waals surface area contributed by atoms with Gasteiger partial charge in [0.2, 0.25) is 5.43 Å². The number of carbonyl (C=O) groups is 1. The number of rotatable bonds is 3. The summed E-state index contributed by atoms with van der Waals surface area (Å²) in [6.45, 7) is 1.37. The third-order valence-electron chi connectivity index (χ3n) is 6.91. The molecule has 2 saturated carbocycles. The first-order valence-corrected chi connectivity index (χ1v) is 9.89. The van der Waals surface area contributed by atoms with E-state index in [0.29, 0.717) is 18.7 Å². The zero-order chi connectivity index (χ0) is 19.6. The third kappa shape index (κ3) is 2.54. The molecular formula is C20H23FN4O3. The average molecular weight is 386 g/mol. The van der Waals surface area contributed by atoms with Gasteiger partial charge in [0.15, 0.2) is 11.6 Å². The SMILES string of the molecule is NC1CCC12CCN(c1nc3c(cc1F)c(=O)c(C(=O)O)cn3C1CC1)CC2. The smallest absolute Gasteiger partial charge is 0.341 e. The summed E-state index contributed by atoms with van der Waals surface area (Å²) in [5.74, 6) is -1.64. The molecule has 28 heavy (non-hydrogen) atoms. The van der Waals surface area contributed by atoms with Gasteiger partial charge >= 0.3 is 5.97 Å². The topological polar surface area (TPSA) is 101 Å². The van der Waals surface area contributed by atoms with Crippen LogP contribution in [0.2, 0.25) is 0 Å². The Morgan fingerprint density at radius 3 is 2.50 bits per heavy atom. The maximum Gasteiger partial charge on any atom is 0.341 e. The fraction of sp³-hybridized carbons (Fsp3) is 0.550. The Kier molecular flexibility index (Phi) is 3.78. The van der Waals surface area contributed by atoms with Gasteiger partial charge in [-0.05, 0) is 50.0 Å². The molecule has 2 aromatic rings. The molecule has 2 aromatic heterocycles. The average Bonchev–Trinajstić information content (AvgIpc) is 3.52. The molecule has 1 unspecified atom stereocenters. The van der Waals surface area contributed by atoms with Gasteiger partial charge < -0.3 is 20.3 Å². The Bertz CT molecular complexity index is 1040. The normalized spacial score (nSPS) is 23.8. The van der Waals surface area contributed by atoms with E-state index >= 15 is 0 Å². The minimum absolute atomic E-state index is 0.0301. The first kappa shape index (κ1) is 17.6. The van der Waals surface area contributed by atoms with E-state index in [4.69, 9.17) is 5.73 Å². The summed E-state index contributed by atoms with van der Waals surface area (Å²) in [5.41, 5.74) is 5.73. The molecule has 8 heteroatoms. The molecule has 0 amide bonds. The second-order valence-corrected chi connectivity index (χ2v) is 8.48. The molecule has 3 aliphatic rings.